The molecule has 1 heterocycles. The fourth-order valence-electron chi connectivity index (χ4n) is 2.10. The molecule has 0 aliphatic carbocycles. The Morgan fingerprint density at radius 1 is 1.12 bits per heavy atom. The largest absolute Gasteiger partial charge is 0.432 e. The molecule has 1 aromatic carbocycles. The fourth-order valence-corrected chi connectivity index (χ4v) is 2.10. The number of nitrogens with one attached hydrogen (secondary N) is 1. The quantitative estimate of drug-likeness (QED) is 0.894. The molecule has 0 saturated carbocycles. The number of pyridine rings is 1. The van der Waals surface area contributed by atoms with Crippen LogP contribution < -0.4 is 5.32 Å². The van der Waals surface area contributed by atoms with Crippen LogP contribution in [0.25, 0.3) is 0 Å². The average Bonchev–Trinajstić information content (AvgIpc) is 2.53. The lowest BCUT2D eigenvalue weighted by Gasteiger charge is -2.22. The molecule has 0 bridgehead atoms. The van der Waals surface area contributed by atoms with Gasteiger partial charge in [-0.1, -0.05) is 36.4 Å². The summed E-state index contributed by atoms with van der Waals surface area (Å²) in [6.07, 6.45) is -7.19. The Morgan fingerprint density at radius 3 is 2.33 bits per heavy atom. The van der Waals surface area contributed by atoms with E-state index in [0.29, 0.717) is 5.69 Å². The van der Waals surface area contributed by atoms with Gasteiger partial charge in [-0.05, 0) is 25.5 Å². The van der Waals surface area contributed by atoms with Crippen molar-refractivity contribution in [3.63, 3.8) is 0 Å². The number of aryl methyl sites for hydroxylation is 1. The Hall–Kier alpha value is -2.57. The minimum absolute atomic E-state index is 0.226. The summed E-state index contributed by atoms with van der Waals surface area (Å²) < 4.78 is 44.2. The third kappa shape index (κ3) is 4.71. The zero-order chi connectivity index (χ0) is 17.7. The first kappa shape index (κ1) is 17.8. The smallest absolute Gasteiger partial charge is 0.429 e. The van der Waals surface area contributed by atoms with Crippen molar-refractivity contribution in [2.75, 3.05) is 0 Å². The molecule has 2 rings (SSSR count). The predicted molar refractivity (Wildman–Crippen MR) is 82.2 cm³/mol. The van der Waals surface area contributed by atoms with Crippen LogP contribution in [-0.4, -0.2) is 17.3 Å². The van der Waals surface area contributed by atoms with Crippen LogP contribution in [0.4, 0.5) is 18.0 Å². The highest BCUT2D eigenvalue weighted by Gasteiger charge is 2.44. The number of nitrogens with zero attached hydrogens (tertiary/aromatic N) is 1. The number of halogens is 3. The maximum Gasteiger partial charge on any atom is 0.429 e. The van der Waals surface area contributed by atoms with Crippen LogP contribution in [-0.2, 0) is 4.74 Å². The Balaban J connectivity index is 2.09. The van der Waals surface area contributed by atoms with Gasteiger partial charge in [0.25, 0.3) is 0 Å². The first-order valence-electron chi connectivity index (χ1n) is 7.28. The third-order valence-electron chi connectivity index (χ3n) is 3.39. The molecular formula is C17H17F3N2O2. The number of alkyl carbamates (subject to hydrolysis) is 1. The number of hydrogen-bond acceptors (Lipinski definition) is 3. The van der Waals surface area contributed by atoms with Gasteiger partial charge in [0.05, 0.1) is 6.04 Å². The zero-order valence-electron chi connectivity index (χ0n) is 13.2. The molecule has 0 spiro atoms. The van der Waals surface area contributed by atoms with E-state index in [-0.39, 0.29) is 5.56 Å². The van der Waals surface area contributed by atoms with Gasteiger partial charge in [0.2, 0.25) is 6.10 Å². The highest BCUT2D eigenvalue weighted by Crippen LogP contribution is 2.35. The second kappa shape index (κ2) is 7.33. The van der Waals surface area contributed by atoms with E-state index in [4.69, 9.17) is 0 Å². The number of rotatable bonds is 4. The van der Waals surface area contributed by atoms with Crippen molar-refractivity contribution in [2.45, 2.75) is 32.2 Å². The summed E-state index contributed by atoms with van der Waals surface area (Å²) in [5.74, 6) is 0. The highest BCUT2D eigenvalue weighted by molar-refractivity contribution is 5.68. The molecule has 4 nitrogen and oxygen atoms in total. The van der Waals surface area contributed by atoms with Crippen molar-refractivity contribution in [3.8, 4) is 0 Å². The van der Waals surface area contributed by atoms with Gasteiger partial charge >= 0.3 is 12.3 Å². The van der Waals surface area contributed by atoms with Crippen molar-refractivity contribution < 1.29 is 22.7 Å². The number of carbonyl (C=O) groups excluding carboxylic acids is 1. The Kier molecular flexibility index (Phi) is 5.43. The fraction of sp³-hybridized carbons (Fsp3) is 0.294. The second-order valence-corrected chi connectivity index (χ2v) is 5.34. The molecule has 7 heteroatoms. The van der Waals surface area contributed by atoms with Crippen molar-refractivity contribution >= 4 is 6.09 Å². The third-order valence-corrected chi connectivity index (χ3v) is 3.39. The average molecular weight is 338 g/mol. The molecule has 2 atom stereocenters. The van der Waals surface area contributed by atoms with Gasteiger partial charge in [0, 0.05) is 17.5 Å². The van der Waals surface area contributed by atoms with Crippen LogP contribution in [0.15, 0.2) is 48.7 Å². The number of carbonyl (C=O) groups is 1. The molecule has 2 aromatic rings. The molecule has 0 aliphatic rings. The van der Waals surface area contributed by atoms with Crippen LogP contribution in [0.2, 0.25) is 0 Å². The zero-order valence-corrected chi connectivity index (χ0v) is 13.2. The topological polar surface area (TPSA) is 51.2 Å². The molecule has 0 aliphatic heterocycles. The van der Waals surface area contributed by atoms with Gasteiger partial charge in [-0.25, -0.2) is 4.79 Å². The van der Waals surface area contributed by atoms with Crippen molar-refractivity contribution in [1.29, 1.82) is 0 Å². The molecular weight excluding hydrogens is 321 g/mol. The van der Waals surface area contributed by atoms with Crippen LogP contribution in [0, 0.1) is 6.92 Å². The molecule has 0 saturated heterocycles. The monoisotopic (exact) mass is 338 g/mol. The summed E-state index contributed by atoms with van der Waals surface area (Å²) in [6.45, 7) is 3.31. The highest BCUT2D eigenvalue weighted by atomic mass is 19.4. The molecule has 1 amide bonds. The first-order chi connectivity index (χ1) is 11.3. The Labute approximate surface area is 137 Å². The number of ether oxygens (including phenoxy) is 1. The van der Waals surface area contributed by atoms with Crippen LogP contribution >= 0.6 is 0 Å². The number of benzene rings is 1. The van der Waals surface area contributed by atoms with Gasteiger partial charge in [0.1, 0.15) is 0 Å². The lowest BCUT2D eigenvalue weighted by atomic mass is 10.1. The van der Waals surface area contributed by atoms with Crippen LogP contribution in [0.5, 0.6) is 0 Å². The minimum Gasteiger partial charge on any atom is -0.432 e. The lowest BCUT2D eigenvalue weighted by Crippen LogP contribution is -2.33. The van der Waals surface area contributed by atoms with E-state index >= 15 is 0 Å². The van der Waals surface area contributed by atoms with Gasteiger partial charge in [0.15, 0.2) is 0 Å². The van der Waals surface area contributed by atoms with E-state index in [1.807, 2.05) is 0 Å². The van der Waals surface area contributed by atoms with Crippen LogP contribution in [0.3, 0.4) is 0 Å². The van der Waals surface area contributed by atoms with Gasteiger partial charge in [-0.15, -0.1) is 0 Å². The van der Waals surface area contributed by atoms with Crippen LogP contribution in [0.1, 0.15) is 35.9 Å². The number of hydrogen-bond donors (Lipinski definition) is 1. The summed E-state index contributed by atoms with van der Waals surface area (Å²) in [5, 5.41) is 2.40. The molecule has 0 unspecified atom stereocenters. The first-order valence-corrected chi connectivity index (χ1v) is 7.28. The predicted octanol–water partition coefficient (Wildman–Crippen LogP) is 4.48. The molecule has 0 radical (unpaired) electrons. The number of alkyl halides is 3. The molecule has 128 valence electrons. The van der Waals surface area contributed by atoms with Gasteiger partial charge in [-0.3, -0.25) is 4.98 Å². The minimum atomic E-state index is -4.73. The van der Waals surface area contributed by atoms with Crippen molar-refractivity contribution in [2.24, 2.45) is 0 Å². The molecule has 0 fully saturated rings. The molecule has 1 aromatic heterocycles. The summed E-state index contributed by atoms with van der Waals surface area (Å²) >= 11 is 0. The van der Waals surface area contributed by atoms with Crippen molar-refractivity contribution in [3.05, 3.63) is 65.5 Å². The lowest BCUT2D eigenvalue weighted by molar-refractivity contribution is -0.206. The number of amides is 1. The van der Waals surface area contributed by atoms with Gasteiger partial charge in [-0.2, -0.15) is 13.2 Å². The summed E-state index contributed by atoms with van der Waals surface area (Å²) in [4.78, 5) is 15.7. The molecule has 24 heavy (non-hydrogen) atoms. The normalized spacial score (nSPS) is 13.9. The van der Waals surface area contributed by atoms with Crippen molar-refractivity contribution in [1.82, 2.24) is 10.3 Å². The SMILES string of the molecule is Cc1ccc([C@H](OC(=O)N[C@H](C)c2ccccc2)C(F)(F)F)cn1. The van der Waals surface area contributed by atoms with E-state index in [0.717, 1.165) is 11.8 Å². The standard InChI is InChI=1S/C17H17F3N2O2/c1-11-8-9-14(10-21-11)15(17(18,19)20)24-16(23)22-12(2)13-6-4-3-5-7-13/h3-10,12,15H,1-2H3,(H,22,23)/t12-,15+/m1/s1. The van der Waals surface area contributed by atoms with E-state index in [1.54, 1.807) is 44.2 Å². The van der Waals surface area contributed by atoms with E-state index < -0.39 is 24.4 Å². The number of aromatic nitrogens is 1. The van der Waals surface area contributed by atoms with E-state index in [2.05, 4.69) is 15.0 Å². The second-order valence-electron chi connectivity index (χ2n) is 5.34. The summed E-state index contributed by atoms with van der Waals surface area (Å²) in [7, 11) is 0. The Morgan fingerprint density at radius 2 is 1.79 bits per heavy atom. The Bertz CT molecular complexity index is 672. The van der Waals surface area contributed by atoms with Gasteiger partial charge < -0.3 is 10.1 Å². The summed E-state index contributed by atoms with van der Waals surface area (Å²) in [5.41, 5.74) is 1.10. The summed E-state index contributed by atoms with van der Waals surface area (Å²) in [6, 6.07) is 11.1. The van der Waals surface area contributed by atoms with E-state index in [1.165, 1.54) is 12.1 Å². The maximum atomic E-state index is 13.2. The van der Waals surface area contributed by atoms with E-state index in [9.17, 15) is 18.0 Å². The maximum absolute atomic E-state index is 13.2. The molecule has 1 N–H and O–H groups in total.